The molecule has 6 aliphatic rings. The third kappa shape index (κ3) is 11.7. The van der Waals surface area contributed by atoms with Crippen LogP contribution < -0.4 is 15.6 Å². The summed E-state index contributed by atoms with van der Waals surface area (Å²) in [7, 11) is 0. The zero-order valence-electron chi connectivity index (χ0n) is 31.3. The first-order chi connectivity index (χ1) is 28.4. The molecule has 59 heavy (non-hydrogen) atoms. The molecule has 0 bridgehead atoms. The molecule has 2 aromatic rings. The summed E-state index contributed by atoms with van der Waals surface area (Å²) in [4.78, 5) is 68.8. The maximum Gasteiger partial charge on any atom is 0.420 e. The summed E-state index contributed by atoms with van der Waals surface area (Å²) in [5, 5.41) is 14.2. The quantitative estimate of drug-likeness (QED) is 0.168. The van der Waals surface area contributed by atoms with Gasteiger partial charge in [0.05, 0.1) is 9.81 Å². The Balaban J connectivity index is 0.000000169. The maximum absolute atomic E-state index is 13.8. The monoisotopic (exact) mass is 890 g/mol. The summed E-state index contributed by atoms with van der Waals surface area (Å²) >= 11 is 13.5. The van der Waals surface area contributed by atoms with Gasteiger partial charge in [0.2, 0.25) is 5.91 Å². The Labute approximate surface area is 356 Å². The molecule has 3 fully saturated rings. The average Bonchev–Trinajstić information content (AvgIpc) is 4.03. The number of halogens is 4. The van der Waals surface area contributed by atoms with Crippen LogP contribution in [0.2, 0.25) is 0 Å². The zero-order chi connectivity index (χ0) is 42.1. The average molecular weight is 892 g/mol. The summed E-state index contributed by atoms with van der Waals surface area (Å²) < 4.78 is 32.1. The number of phenolic OH excluding ortho intramolecular Hbond substituents is 1. The second-order valence-corrected chi connectivity index (χ2v) is 16.0. The summed E-state index contributed by atoms with van der Waals surface area (Å²) in [6.45, 7) is 4.17. The van der Waals surface area contributed by atoms with Gasteiger partial charge < -0.3 is 9.84 Å². The van der Waals surface area contributed by atoms with E-state index in [9.17, 15) is 37.9 Å². The van der Waals surface area contributed by atoms with Crippen molar-refractivity contribution >= 4 is 98.4 Å². The fourth-order valence-electron chi connectivity index (χ4n) is 6.06. The van der Waals surface area contributed by atoms with Gasteiger partial charge in [0.1, 0.15) is 28.3 Å². The summed E-state index contributed by atoms with van der Waals surface area (Å²) in [5.74, 6) is -2.14. The fourth-order valence-corrected chi connectivity index (χ4v) is 8.32. The largest absolute Gasteiger partial charge is 0.507 e. The number of carbonyl (C=O) groups excluding carboxylic acids is 5. The van der Waals surface area contributed by atoms with Crippen molar-refractivity contribution < 1.29 is 42.6 Å². The molecule has 3 N–H and O–H groups in total. The molecule has 0 unspecified atom stereocenters. The highest BCUT2D eigenvalue weighted by atomic mass is 35.5. The second-order valence-electron chi connectivity index (χ2n) is 13.3. The normalized spacial score (nSPS) is 20.6. The van der Waals surface area contributed by atoms with Crippen molar-refractivity contribution in [2.45, 2.75) is 44.9 Å². The van der Waals surface area contributed by atoms with E-state index in [0.29, 0.717) is 57.2 Å². The fraction of sp³-hybridized carbons (Fsp3) is 0.342. The Hall–Kier alpha value is -4.79. The van der Waals surface area contributed by atoms with Crippen LogP contribution in [0.25, 0.3) is 12.2 Å². The number of phenols is 1. The van der Waals surface area contributed by atoms with Crippen LogP contribution in [0.5, 0.6) is 11.5 Å². The first-order valence-corrected chi connectivity index (χ1v) is 21.0. The predicted molar refractivity (Wildman–Crippen MR) is 222 cm³/mol. The van der Waals surface area contributed by atoms with Gasteiger partial charge in [0.25, 0.3) is 11.8 Å². The molecule has 0 aromatic heterocycles. The van der Waals surface area contributed by atoms with Gasteiger partial charge in [-0.25, -0.2) is 24.4 Å². The molecule has 5 amide bonds. The highest BCUT2D eigenvalue weighted by Gasteiger charge is 2.30. The van der Waals surface area contributed by atoms with Gasteiger partial charge in [-0.15, -0.1) is 0 Å². The number of hydrazine groups is 2. The van der Waals surface area contributed by atoms with Crippen molar-refractivity contribution in [1.82, 2.24) is 30.7 Å². The zero-order valence-corrected chi connectivity index (χ0v) is 34.4. The lowest BCUT2D eigenvalue weighted by Gasteiger charge is -2.28. The van der Waals surface area contributed by atoms with E-state index < -0.39 is 23.1 Å². The molecular weight excluding hydrogens is 854 g/mol. The van der Waals surface area contributed by atoms with E-state index in [1.165, 1.54) is 58.8 Å². The molecule has 15 nitrogen and oxygen atoms in total. The molecule has 3 saturated heterocycles. The Bertz CT molecular complexity index is 2160. The van der Waals surface area contributed by atoms with Crippen LogP contribution in [-0.2, 0) is 14.4 Å². The number of amides is 5. The summed E-state index contributed by atoms with van der Waals surface area (Å²) in [6.07, 6.45) is 10.2. The molecular formula is C38H38Cl2F2N8O7S2. The van der Waals surface area contributed by atoms with Crippen LogP contribution in [-0.4, -0.2) is 104 Å². The van der Waals surface area contributed by atoms with E-state index in [0.717, 1.165) is 75.3 Å². The van der Waals surface area contributed by atoms with Crippen LogP contribution in [0.15, 0.2) is 67.4 Å². The topological polar surface area (TPSA) is 177 Å². The highest BCUT2D eigenvalue weighted by Crippen LogP contribution is 2.34. The molecule has 6 aliphatic heterocycles. The van der Waals surface area contributed by atoms with E-state index in [1.807, 2.05) is 10.0 Å². The lowest BCUT2D eigenvalue weighted by Crippen LogP contribution is -2.45. The molecule has 312 valence electrons. The summed E-state index contributed by atoms with van der Waals surface area (Å²) in [5.41, 5.74) is 7.19. The van der Waals surface area contributed by atoms with Gasteiger partial charge in [-0.1, -0.05) is 11.6 Å². The minimum absolute atomic E-state index is 0.0109. The number of rotatable bonds is 3. The van der Waals surface area contributed by atoms with Crippen molar-refractivity contribution in [1.29, 1.82) is 0 Å². The molecule has 0 aliphatic carbocycles. The first kappa shape index (κ1) is 43.8. The smallest absolute Gasteiger partial charge is 0.420 e. The number of nitrogens with one attached hydrogen (secondary N) is 2. The Morgan fingerprint density at radius 2 is 1.36 bits per heavy atom. The molecule has 0 radical (unpaired) electrons. The van der Waals surface area contributed by atoms with Crippen molar-refractivity contribution in [3.63, 3.8) is 0 Å². The van der Waals surface area contributed by atoms with Gasteiger partial charge in [0.15, 0.2) is 10.3 Å². The van der Waals surface area contributed by atoms with Gasteiger partial charge >= 0.3 is 11.5 Å². The molecule has 0 spiro atoms. The predicted octanol–water partition coefficient (Wildman–Crippen LogP) is 6.75. The standard InChI is InChI=1S/C19H18ClFN4O3S.C14H14FN3O2S.C5H6ClNO2/c20-16-4-3-8-24(16)19(27)28-14-11-13(21)6-5-12(14)10-15-17(26)23-18(29-15)25-9-2-1-7-22-25;15-10-4-3-9(11(19)8-10)7-12-13(20)17-14(21-12)18-6-2-1-5-16-18;6-5(9)7-3-1-2-4(7)8/h4-6,10-11,22H,1-3,7-9H2;3-4,7-8,16,19H,1-2,5-6H2;1-3H2/b15-10+;12-7-;. The lowest BCUT2D eigenvalue weighted by molar-refractivity contribution is -0.124. The van der Waals surface area contributed by atoms with Crippen molar-refractivity contribution in [3.8, 4) is 11.5 Å². The number of nitrogens with zero attached hydrogens (tertiary/aromatic N) is 6. The Morgan fingerprint density at radius 3 is 1.83 bits per heavy atom. The van der Waals surface area contributed by atoms with Crippen LogP contribution in [0.1, 0.15) is 56.1 Å². The van der Waals surface area contributed by atoms with E-state index in [2.05, 4.69) is 20.8 Å². The first-order valence-electron chi connectivity index (χ1n) is 18.6. The number of hydrogen-bond donors (Lipinski definition) is 3. The second kappa shape index (κ2) is 20.5. The summed E-state index contributed by atoms with van der Waals surface area (Å²) in [6, 6.07) is 7.50. The number of aromatic hydroxyl groups is 1. The number of benzene rings is 2. The van der Waals surface area contributed by atoms with Crippen LogP contribution in [0.4, 0.5) is 18.4 Å². The van der Waals surface area contributed by atoms with Crippen molar-refractivity contribution in [2.75, 3.05) is 39.3 Å². The minimum Gasteiger partial charge on any atom is -0.507 e. The highest BCUT2D eigenvalue weighted by molar-refractivity contribution is 8.18. The van der Waals surface area contributed by atoms with E-state index in [-0.39, 0.29) is 34.4 Å². The molecule has 2 aromatic carbocycles. The van der Waals surface area contributed by atoms with Crippen molar-refractivity contribution in [3.05, 3.63) is 80.2 Å². The van der Waals surface area contributed by atoms with Crippen LogP contribution in [0.3, 0.4) is 0 Å². The van der Waals surface area contributed by atoms with Crippen LogP contribution >= 0.6 is 46.7 Å². The number of imide groups is 1. The number of carbonyl (C=O) groups is 5. The van der Waals surface area contributed by atoms with Gasteiger partial charge in [0, 0.05) is 68.9 Å². The molecule has 8 rings (SSSR count). The number of likely N-dealkylation sites (tertiary alicyclic amines) is 1. The Kier molecular flexibility index (Phi) is 15.2. The number of amidine groups is 2. The lowest BCUT2D eigenvalue weighted by atomic mass is 10.2. The van der Waals surface area contributed by atoms with Gasteiger partial charge in [-0.05, 0) is 116 Å². The van der Waals surface area contributed by atoms with Gasteiger partial charge in [-0.2, -0.15) is 9.98 Å². The minimum atomic E-state index is -0.700. The third-order valence-corrected chi connectivity index (χ3v) is 11.6. The Morgan fingerprint density at radius 1 is 0.780 bits per heavy atom. The van der Waals surface area contributed by atoms with E-state index in [4.69, 9.17) is 27.9 Å². The van der Waals surface area contributed by atoms with Crippen LogP contribution in [0, 0.1) is 11.6 Å². The molecule has 21 heteroatoms. The third-order valence-electron chi connectivity index (χ3n) is 9.07. The molecule has 0 atom stereocenters. The number of aliphatic imine (C=N–C) groups is 2. The number of hydrogen-bond acceptors (Lipinski definition) is 13. The van der Waals surface area contributed by atoms with E-state index in [1.54, 1.807) is 12.2 Å². The maximum atomic E-state index is 13.8. The molecule has 6 heterocycles. The SMILES string of the molecule is O=C(Cl)N1CCCC1=O.O=C1N=C(N2CCCCN2)S/C1=C/c1ccc(F)cc1OC(=O)N1CCC=C1Cl.O=C1N=C(N2CCCCN2)S/C1=C\c1ccc(F)cc1O. The molecule has 0 saturated carbocycles. The van der Waals surface area contributed by atoms with Gasteiger partial charge in [-0.3, -0.25) is 39.0 Å². The van der Waals surface area contributed by atoms with E-state index >= 15 is 0 Å². The number of ether oxygens (including phenoxy) is 1. The van der Waals surface area contributed by atoms with Crippen molar-refractivity contribution in [2.24, 2.45) is 9.98 Å². The number of thioether (sulfide) groups is 2.